The van der Waals surface area contributed by atoms with Crippen molar-refractivity contribution in [2.75, 3.05) is 18.3 Å². The first-order chi connectivity index (χ1) is 21.3. The number of carbonyl (C=O) groups is 5. The molecule has 1 aromatic carbocycles. The molecule has 3 atom stereocenters. The minimum Gasteiger partial charge on any atom is -0.427 e. The van der Waals surface area contributed by atoms with Gasteiger partial charge >= 0.3 is 18.0 Å². The van der Waals surface area contributed by atoms with Crippen LogP contribution in [0.4, 0.5) is 4.79 Å². The predicted octanol–water partition coefficient (Wildman–Crippen LogP) is 1.41. The number of esters is 2. The van der Waals surface area contributed by atoms with Crippen LogP contribution < -0.4 is 22.1 Å². The summed E-state index contributed by atoms with van der Waals surface area (Å²) >= 11 is 4.10. The molecule has 0 spiro atoms. The number of carbonyl (C=O) groups excluding carboxylic acids is 5. The van der Waals surface area contributed by atoms with E-state index in [2.05, 4.69) is 25.8 Å². The number of β-lactam (4-membered cyclic amide) rings is 1. The summed E-state index contributed by atoms with van der Waals surface area (Å²) < 4.78 is 11.1. The third-order valence-electron chi connectivity index (χ3n) is 6.30. The van der Waals surface area contributed by atoms with Gasteiger partial charge in [-0.25, -0.2) is 9.59 Å². The van der Waals surface area contributed by atoms with E-state index >= 15 is 0 Å². The zero-order valence-corrected chi connectivity index (χ0v) is 27.2. The number of aromatic nitrogens is 2. The summed E-state index contributed by atoms with van der Waals surface area (Å²) in [7, 11) is 0. The first-order valence-electron chi connectivity index (χ1n) is 13.5. The average Bonchev–Trinajstić information content (AvgIpc) is 3.41. The van der Waals surface area contributed by atoms with Crippen molar-refractivity contribution in [3.63, 3.8) is 0 Å². The van der Waals surface area contributed by atoms with Gasteiger partial charge in [-0.2, -0.15) is 4.99 Å². The molecule has 2 unspecified atom stereocenters. The van der Waals surface area contributed by atoms with Crippen molar-refractivity contribution >= 4 is 70.6 Å². The van der Waals surface area contributed by atoms with Crippen LogP contribution in [0.2, 0.25) is 0 Å². The molecule has 4 rings (SSSR count). The molecule has 0 saturated carbocycles. The van der Waals surface area contributed by atoms with E-state index in [4.69, 9.17) is 20.9 Å². The van der Waals surface area contributed by atoms with Gasteiger partial charge in [0.2, 0.25) is 12.7 Å². The predicted molar refractivity (Wildman–Crippen MR) is 167 cm³/mol. The van der Waals surface area contributed by atoms with Gasteiger partial charge in [-0.3, -0.25) is 19.3 Å². The van der Waals surface area contributed by atoms with E-state index < -0.39 is 65.4 Å². The monoisotopic (exact) mass is 676 g/mol. The second kappa shape index (κ2) is 14.3. The van der Waals surface area contributed by atoms with Gasteiger partial charge in [0.25, 0.3) is 5.91 Å². The zero-order chi connectivity index (χ0) is 32.9. The summed E-state index contributed by atoms with van der Waals surface area (Å²) in [6, 6.07) is 5.15. The van der Waals surface area contributed by atoms with Crippen LogP contribution in [-0.4, -0.2) is 80.6 Å². The molecule has 0 radical (unpaired) electrons. The molecule has 15 nitrogen and oxygen atoms in total. The van der Waals surface area contributed by atoms with Gasteiger partial charge in [-0.1, -0.05) is 53.4 Å². The summed E-state index contributed by atoms with van der Waals surface area (Å²) in [5.74, 6) is -2.50. The number of hydrogen-bond acceptors (Lipinski definition) is 12. The van der Waals surface area contributed by atoms with E-state index in [9.17, 15) is 24.0 Å². The highest BCUT2D eigenvalue weighted by atomic mass is 32.2. The number of aliphatic imine (C=N–C) groups is 1. The molecule has 1 fully saturated rings. The maximum atomic E-state index is 13.5. The van der Waals surface area contributed by atoms with Crippen LogP contribution in [0.1, 0.15) is 37.4 Å². The van der Waals surface area contributed by atoms with E-state index in [0.29, 0.717) is 27.0 Å². The molecule has 6 N–H and O–H groups in total. The van der Waals surface area contributed by atoms with Gasteiger partial charge < -0.3 is 31.6 Å². The number of benzene rings is 1. The number of thioether (sulfide) groups is 2. The van der Waals surface area contributed by atoms with Gasteiger partial charge in [-0.05, 0) is 38.8 Å². The van der Waals surface area contributed by atoms with Crippen LogP contribution >= 0.6 is 34.9 Å². The Hall–Kier alpha value is -4.16. The zero-order valence-electron chi connectivity index (χ0n) is 24.8. The first kappa shape index (κ1) is 33.7. The van der Waals surface area contributed by atoms with E-state index in [0.717, 1.165) is 5.01 Å². The second-order valence-electron chi connectivity index (χ2n) is 10.8. The molecule has 45 heavy (non-hydrogen) atoms. The molecule has 2 aromatic rings. The summed E-state index contributed by atoms with van der Waals surface area (Å²) in [5, 5.41) is 13.4. The Balaban J connectivity index is 1.52. The number of nitrogens with zero attached hydrogens (tertiary/aromatic N) is 4. The molecule has 2 aliphatic heterocycles. The summed E-state index contributed by atoms with van der Waals surface area (Å²) in [5.41, 5.74) is 10.8. The molecule has 18 heteroatoms. The fourth-order valence-electron chi connectivity index (χ4n) is 4.15. The molecular formula is C27H32N8O7S3. The standard InChI is InChI=1S/C27H32N8O7S3/c1-13-33-34-26(45-13)44-11-15-10-43-21-17(20(37)35(21)18(15)22(38)41-12-42-23(39)27(2,3)4)30-19(36)16(14-8-6-5-7-9-14)31-25(40)32-24(28)29/h5-9,16-17,21H,10-12H2,1-4H3,(H,30,36)(H5,28,29,31,32,40)/t16?,17?,21-/m0/s1. The molecule has 240 valence electrons. The molecule has 1 saturated heterocycles. The Bertz CT molecular complexity index is 1540. The van der Waals surface area contributed by atoms with E-state index in [1.807, 2.05) is 6.92 Å². The molecule has 0 aliphatic carbocycles. The maximum Gasteiger partial charge on any atom is 0.357 e. The fraction of sp³-hybridized carbons (Fsp3) is 0.407. The number of urea groups is 1. The van der Waals surface area contributed by atoms with E-state index in [1.54, 1.807) is 51.1 Å². The van der Waals surface area contributed by atoms with Crippen LogP contribution in [0.5, 0.6) is 0 Å². The Morgan fingerprint density at radius 1 is 1.16 bits per heavy atom. The quantitative estimate of drug-likeness (QED) is 0.0699. The van der Waals surface area contributed by atoms with Crippen molar-refractivity contribution in [1.29, 1.82) is 0 Å². The number of hydrogen-bond donors (Lipinski definition) is 4. The third-order valence-corrected chi connectivity index (χ3v) is 9.70. The average molecular weight is 677 g/mol. The lowest BCUT2D eigenvalue weighted by molar-refractivity contribution is -0.173. The van der Waals surface area contributed by atoms with Crippen molar-refractivity contribution in [3.05, 3.63) is 52.2 Å². The molecule has 4 amide bonds. The SMILES string of the molecule is Cc1nnc(SCC2=C(C(=O)OCOC(=O)C(C)(C)C)N3C(=O)C(NC(=O)C(NC(=O)N=C(N)N)c4ccccc4)[C@@H]3SC2)s1. The second-order valence-corrected chi connectivity index (χ2v) is 14.3. The van der Waals surface area contributed by atoms with Crippen LogP contribution in [-0.2, 0) is 28.7 Å². The topological polar surface area (TPSA) is 221 Å². The molecule has 2 aliphatic rings. The Morgan fingerprint density at radius 2 is 1.87 bits per heavy atom. The Labute approximate surface area is 270 Å². The number of aryl methyl sites for hydroxylation is 1. The summed E-state index contributed by atoms with van der Waals surface area (Å²) in [6.45, 7) is 6.17. The Kier molecular flexibility index (Phi) is 10.7. The van der Waals surface area contributed by atoms with Crippen molar-refractivity contribution < 1.29 is 33.4 Å². The molecule has 3 heterocycles. The van der Waals surface area contributed by atoms with Gasteiger partial charge in [0, 0.05) is 11.5 Å². The van der Waals surface area contributed by atoms with Gasteiger partial charge in [0.1, 0.15) is 28.2 Å². The van der Waals surface area contributed by atoms with Gasteiger partial charge in [-0.15, -0.1) is 22.0 Å². The number of nitrogens with one attached hydrogen (secondary N) is 2. The Morgan fingerprint density at radius 3 is 2.49 bits per heavy atom. The van der Waals surface area contributed by atoms with Crippen LogP contribution in [0.3, 0.4) is 0 Å². The number of ether oxygens (including phenoxy) is 2. The third kappa shape index (κ3) is 8.31. The normalized spacial score (nSPS) is 18.2. The number of amides is 4. The largest absolute Gasteiger partial charge is 0.427 e. The van der Waals surface area contributed by atoms with Crippen molar-refractivity contribution in [1.82, 2.24) is 25.7 Å². The van der Waals surface area contributed by atoms with Crippen molar-refractivity contribution in [2.45, 2.75) is 49.5 Å². The first-order valence-corrected chi connectivity index (χ1v) is 16.3. The van der Waals surface area contributed by atoms with Gasteiger partial charge in [0.15, 0.2) is 10.3 Å². The fourth-order valence-corrected chi connectivity index (χ4v) is 7.45. The number of fused-ring (bicyclic) bond motifs is 1. The lowest BCUT2D eigenvalue weighted by Gasteiger charge is -2.50. The van der Waals surface area contributed by atoms with E-state index in [1.165, 1.54) is 39.8 Å². The highest BCUT2D eigenvalue weighted by Gasteiger charge is 2.55. The number of nitrogens with two attached hydrogens (primary N) is 2. The maximum absolute atomic E-state index is 13.5. The van der Waals surface area contributed by atoms with Crippen LogP contribution in [0.15, 0.2) is 50.9 Å². The minimum absolute atomic E-state index is 0.00969. The molecule has 0 bridgehead atoms. The van der Waals surface area contributed by atoms with Crippen molar-refractivity contribution in [3.8, 4) is 0 Å². The minimum atomic E-state index is -1.22. The van der Waals surface area contributed by atoms with Crippen LogP contribution in [0.25, 0.3) is 0 Å². The summed E-state index contributed by atoms with van der Waals surface area (Å²) in [4.78, 5) is 69.4. The van der Waals surface area contributed by atoms with E-state index in [-0.39, 0.29) is 5.70 Å². The van der Waals surface area contributed by atoms with Gasteiger partial charge in [0.05, 0.1) is 5.41 Å². The van der Waals surface area contributed by atoms with Crippen molar-refractivity contribution in [2.24, 2.45) is 21.9 Å². The lowest BCUT2D eigenvalue weighted by Crippen LogP contribution is -2.71. The molecule has 1 aromatic heterocycles. The number of guanidine groups is 1. The highest BCUT2D eigenvalue weighted by Crippen LogP contribution is 2.42. The summed E-state index contributed by atoms with van der Waals surface area (Å²) in [6.07, 6.45) is 0. The number of rotatable bonds is 10. The lowest BCUT2D eigenvalue weighted by atomic mass is 9.98. The highest BCUT2D eigenvalue weighted by molar-refractivity contribution is 8.01. The smallest absolute Gasteiger partial charge is 0.357 e. The molecular weight excluding hydrogens is 645 g/mol. The van der Waals surface area contributed by atoms with Crippen LogP contribution in [0, 0.1) is 12.3 Å².